The fourth-order valence-corrected chi connectivity index (χ4v) is 2.35. The first kappa shape index (κ1) is 10.5. The number of carbonyl (C=O) groups excluding carboxylic acids is 1. The van der Waals surface area contributed by atoms with Crippen LogP contribution in [-0.4, -0.2) is 12.5 Å². The minimum absolute atomic E-state index is 0.0143. The Morgan fingerprint density at radius 1 is 1.67 bits per heavy atom. The van der Waals surface area contributed by atoms with Crippen LogP contribution in [0.15, 0.2) is 6.07 Å². The predicted octanol–water partition coefficient (Wildman–Crippen LogP) is 2.17. The van der Waals surface area contributed by atoms with Gasteiger partial charge in [-0.2, -0.15) is 0 Å². The fourth-order valence-electron chi connectivity index (χ4n) is 1.49. The van der Waals surface area contributed by atoms with Crippen molar-refractivity contribution in [1.29, 1.82) is 0 Å². The minimum atomic E-state index is 0.0143. The monoisotopic (exact) mass is 224 g/mol. The highest BCUT2D eigenvalue weighted by atomic mass is 32.1. The second-order valence-electron chi connectivity index (χ2n) is 4.11. The average molecular weight is 224 g/mol. The smallest absolute Gasteiger partial charge is 0.261 e. The Balaban J connectivity index is 1.83. The Kier molecular flexibility index (Phi) is 2.95. The van der Waals surface area contributed by atoms with Crippen LogP contribution in [0.3, 0.4) is 0 Å². The Bertz CT molecular complexity index is 349. The van der Waals surface area contributed by atoms with E-state index in [1.807, 2.05) is 6.92 Å². The maximum Gasteiger partial charge on any atom is 0.261 e. The van der Waals surface area contributed by atoms with Crippen molar-refractivity contribution in [2.75, 3.05) is 12.3 Å². The molecular formula is C11H16N2OS. The zero-order valence-electron chi connectivity index (χ0n) is 8.88. The second kappa shape index (κ2) is 4.23. The molecule has 1 aromatic heterocycles. The van der Waals surface area contributed by atoms with Crippen molar-refractivity contribution in [1.82, 2.24) is 5.32 Å². The summed E-state index contributed by atoms with van der Waals surface area (Å²) in [5, 5.41) is 2.93. The van der Waals surface area contributed by atoms with Crippen molar-refractivity contribution in [3.05, 3.63) is 15.8 Å². The lowest BCUT2D eigenvalue weighted by Gasteiger charge is -2.01. The molecule has 0 saturated heterocycles. The molecule has 1 saturated carbocycles. The van der Waals surface area contributed by atoms with E-state index in [0.717, 1.165) is 28.6 Å². The van der Waals surface area contributed by atoms with E-state index in [9.17, 15) is 4.79 Å². The summed E-state index contributed by atoms with van der Waals surface area (Å²) in [7, 11) is 0. The summed E-state index contributed by atoms with van der Waals surface area (Å²) in [4.78, 5) is 13.4. The first-order valence-electron chi connectivity index (χ1n) is 5.31. The van der Waals surface area contributed by atoms with Crippen LogP contribution in [0, 0.1) is 12.8 Å². The van der Waals surface area contributed by atoms with E-state index < -0.39 is 0 Å². The lowest BCUT2D eigenvalue weighted by atomic mass is 10.3. The first-order chi connectivity index (χ1) is 7.16. The first-order valence-corrected chi connectivity index (χ1v) is 6.12. The van der Waals surface area contributed by atoms with Crippen LogP contribution in [0.1, 0.15) is 33.8 Å². The molecule has 0 aliphatic heterocycles. The number of hydrogen-bond acceptors (Lipinski definition) is 3. The van der Waals surface area contributed by atoms with Crippen molar-refractivity contribution in [2.45, 2.75) is 26.2 Å². The van der Waals surface area contributed by atoms with Crippen LogP contribution in [0.25, 0.3) is 0 Å². The number of anilines is 1. The summed E-state index contributed by atoms with van der Waals surface area (Å²) in [5.41, 5.74) is 6.41. The number of thiophene rings is 1. The molecule has 15 heavy (non-hydrogen) atoms. The van der Waals surface area contributed by atoms with Gasteiger partial charge < -0.3 is 11.1 Å². The van der Waals surface area contributed by atoms with Gasteiger partial charge in [-0.3, -0.25) is 4.79 Å². The summed E-state index contributed by atoms with van der Waals surface area (Å²) in [6.45, 7) is 2.72. The molecule has 0 radical (unpaired) electrons. The standard InChI is InChI=1S/C11H16N2OS/c1-7-9(12)6-10(15-7)11(14)13-5-4-8-2-3-8/h6,8H,2-5,12H2,1H3,(H,13,14). The highest BCUT2D eigenvalue weighted by Crippen LogP contribution is 2.31. The molecule has 1 aliphatic carbocycles. The number of aryl methyl sites for hydroxylation is 1. The van der Waals surface area contributed by atoms with Gasteiger partial charge in [-0.25, -0.2) is 0 Å². The summed E-state index contributed by atoms with van der Waals surface area (Å²) in [5.74, 6) is 0.876. The molecule has 3 N–H and O–H groups in total. The molecule has 1 fully saturated rings. The van der Waals surface area contributed by atoms with Gasteiger partial charge in [-0.05, 0) is 25.3 Å². The molecule has 3 nitrogen and oxygen atoms in total. The van der Waals surface area contributed by atoms with Gasteiger partial charge in [0.25, 0.3) is 5.91 Å². The summed E-state index contributed by atoms with van der Waals surface area (Å²) in [6, 6.07) is 1.76. The predicted molar refractivity (Wildman–Crippen MR) is 63.1 cm³/mol. The molecule has 1 aliphatic rings. The molecule has 1 aromatic rings. The molecule has 0 unspecified atom stereocenters. The Morgan fingerprint density at radius 3 is 2.93 bits per heavy atom. The van der Waals surface area contributed by atoms with Gasteiger partial charge in [0, 0.05) is 17.1 Å². The third-order valence-corrected chi connectivity index (χ3v) is 3.78. The summed E-state index contributed by atoms with van der Waals surface area (Å²) < 4.78 is 0. The van der Waals surface area contributed by atoms with E-state index in [1.165, 1.54) is 24.2 Å². The Hall–Kier alpha value is -1.03. The number of rotatable bonds is 4. The van der Waals surface area contributed by atoms with Gasteiger partial charge in [0.2, 0.25) is 0 Å². The SMILES string of the molecule is Cc1sc(C(=O)NCCC2CC2)cc1N. The van der Waals surface area contributed by atoms with Gasteiger partial charge in [-0.15, -0.1) is 11.3 Å². The highest BCUT2D eigenvalue weighted by molar-refractivity contribution is 7.14. The molecule has 2 rings (SSSR count). The molecular weight excluding hydrogens is 208 g/mol. The zero-order valence-corrected chi connectivity index (χ0v) is 9.69. The maximum absolute atomic E-state index is 11.7. The zero-order chi connectivity index (χ0) is 10.8. The quantitative estimate of drug-likeness (QED) is 0.823. The third kappa shape index (κ3) is 2.72. The number of nitrogens with two attached hydrogens (primary N) is 1. The molecule has 1 amide bonds. The average Bonchev–Trinajstić information content (AvgIpc) is 2.94. The van der Waals surface area contributed by atoms with Gasteiger partial charge in [0.1, 0.15) is 0 Å². The Labute approximate surface area is 93.7 Å². The molecule has 0 bridgehead atoms. The van der Waals surface area contributed by atoms with Gasteiger partial charge >= 0.3 is 0 Å². The molecule has 82 valence electrons. The molecule has 4 heteroatoms. The van der Waals surface area contributed by atoms with Crippen LogP contribution >= 0.6 is 11.3 Å². The van der Waals surface area contributed by atoms with E-state index in [0.29, 0.717) is 5.69 Å². The van der Waals surface area contributed by atoms with Crippen molar-refractivity contribution < 1.29 is 4.79 Å². The van der Waals surface area contributed by atoms with E-state index in [-0.39, 0.29) is 5.91 Å². The van der Waals surface area contributed by atoms with Crippen molar-refractivity contribution in [3.63, 3.8) is 0 Å². The van der Waals surface area contributed by atoms with E-state index in [4.69, 9.17) is 5.73 Å². The highest BCUT2D eigenvalue weighted by Gasteiger charge is 2.20. The van der Waals surface area contributed by atoms with Crippen LogP contribution in [0.4, 0.5) is 5.69 Å². The summed E-state index contributed by atoms with van der Waals surface area (Å²) >= 11 is 1.46. The van der Waals surface area contributed by atoms with Crippen molar-refractivity contribution in [2.24, 2.45) is 5.92 Å². The van der Waals surface area contributed by atoms with Crippen LogP contribution in [-0.2, 0) is 0 Å². The van der Waals surface area contributed by atoms with Gasteiger partial charge in [0.05, 0.1) is 4.88 Å². The molecule has 0 atom stereocenters. The number of nitrogen functional groups attached to an aromatic ring is 1. The molecule has 0 spiro atoms. The Morgan fingerprint density at radius 2 is 2.40 bits per heavy atom. The van der Waals surface area contributed by atoms with Crippen LogP contribution in [0.2, 0.25) is 0 Å². The van der Waals surface area contributed by atoms with E-state index in [1.54, 1.807) is 6.07 Å². The minimum Gasteiger partial charge on any atom is -0.398 e. The van der Waals surface area contributed by atoms with Crippen molar-refractivity contribution >= 4 is 22.9 Å². The van der Waals surface area contributed by atoms with Gasteiger partial charge in [0.15, 0.2) is 0 Å². The van der Waals surface area contributed by atoms with Crippen LogP contribution < -0.4 is 11.1 Å². The van der Waals surface area contributed by atoms with Gasteiger partial charge in [-0.1, -0.05) is 12.8 Å². The normalized spacial score (nSPS) is 15.3. The lowest BCUT2D eigenvalue weighted by Crippen LogP contribution is -2.23. The largest absolute Gasteiger partial charge is 0.398 e. The number of carbonyl (C=O) groups is 1. The maximum atomic E-state index is 11.7. The second-order valence-corrected chi connectivity index (χ2v) is 5.37. The third-order valence-electron chi connectivity index (χ3n) is 2.72. The van der Waals surface area contributed by atoms with E-state index in [2.05, 4.69) is 5.32 Å². The van der Waals surface area contributed by atoms with Crippen molar-refractivity contribution in [3.8, 4) is 0 Å². The topological polar surface area (TPSA) is 55.1 Å². The molecule has 0 aromatic carbocycles. The van der Waals surface area contributed by atoms with Crippen LogP contribution in [0.5, 0.6) is 0 Å². The lowest BCUT2D eigenvalue weighted by molar-refractivity contribution is 0.0957. The number of hydrogen-bond donors (Lipinski definition) is 2. The molecule has 1 heterocycles. The number of nitrogens with one attached hydrogen (secondary N) is 1. The number of amides is 1. The summed E-state index contributed by atoms with van der Waals surface area (Å²) in [6.07, 6.45) is 3.79. The fraction of sp³-hybridized carbons (Fsp3) is 0.545. The van der Waals surface area contributed by atoms with E-state index >= 15 is 0 Å².